The highest BCUT2D eigenvalue weighted by Gasteiger charge is 2.51. The fraction of sp³-hybridized carbons (Fsp3) is 0.295. The lowest BCUT2D eigenvalue weighted by Gasteiger charge is -2.33. The van der Waals surface area contributed by atoms with Crippen LogP contribution in [0.15, 0.2) is 181 Å². The van der Waals surface area contributed by atoms with Crippen LogP contribution >= 0.6 is 15.5 Å². The molecular formula is C88H91NO6P2. The molecule has 0 aromatic heterocycles. The molecule has 97 heavy (non-hydrogen) atoms. The second kappa shape index (κ2) is 26.8. The van der Waals surface area contributed by atoms with E-state index in [2.05, 4.69) is 258 Å². The van der Waals surface area contributed by atoms with E-state index in [4.69, 9.17) is 18.1 Å². The largest absolute Gasteiger partial charge is 0.524 e. The van der Waals surface area contributed by atoms with Crippen molar-refractivity contribution in [1.29, 1.82) is 0 Å². The summed E-state index contributed by atoms with van der Waals surface area (Å²) in [5.74, 6) is 1.38. The molecule has 7 nitrogen and oxygen atoms in total. The van der Waals surface area contributed by atoms with Crippen LogP contribution in [0.1, 0.15) is 164 Å². The minimum absolute atomic E-state index is 0.0697. The van der Waals surface area contributed by atoms with Gasteiger partial charge in [-0.25, -0.2) is 9.13 Å². The molecule has 11 aromatic rings. The van der Waals surface area contributed by atoms with E-state index in [1.165, 1.54) is 27.8 Å². The summed E-state index contributed by atoms with van der Waals surface area (Å²) in [6, 6.07) is 56.7. The van der Waals surface area contributed by atoms with Gasteiger partial charge in [-0.3, -0.25) is 0 Å². The molecule has 0 bridgehead atoms. The first-order valence-electron chi connectivity index (χ1n) is 36.1. The molecule has 494 valence electrons. The molecule has 0 saturated carbocycles. The van der Waals surface area contributed by atoms with Crippen molar-refractivity contribution in [3.05, 3.63) is 237 Å². The molecule has 14 rings (SSSR count). The summed E-state index contributed by atoms with van der Waals surface area (Å²) >= 11 is 0. The Bertz CT molecular complexity index is 4930. The third-order valence-corrected chi connectivity index (χ3v) is 24.9. The summed E-state index contributed by atoms with van der Waals surface area (Å²) in [4.78, 5) is 3.30. The Morgan fingerprint density at radius 2 is 0.649 bits per heavy atom. The number of benzene rings is 11. The van der Waals surface area contributed by atoms with E-state index >= 15 is 9.13 Å². The predicted molar refractivity (Wildman–Crippen MR) is 409 cm³/mol. The van der Waals surface area contributed by atoms with Gasteiger partial charge in [-0.15, -0.1) is 0 Å². The Morgan fingerprint density at radius 3 is 0.948 bits per heavy atom. The molecule has 0 fully saturated rings. The van der Waals surface area contributed by atoms with Crippen molar-refractivity contribution < 1.29 is 27.2 Å². The lowest BCUT2D eigenvalue weighted by atomic mass is 9.72. The lowest BCUT2D eigenvalue weighted by molar-refractivity contribution is 0.357. The van der Waals surface area contributed by atoms with Crippen LogP contribution in [0, 0.1) is 5.92 Å². The highest BCUT2D eigenvalue weighted by atomic mass is 31.3. The van der Waals surface area contributed by atoms with Crippen molar-refractivity contribution in [2.75, 3.05) is 0 Å². The van der Waals surface area contributed by atoms with Gasteiger partial charge in [-0.05, 0) is 217 Å². The summed E-state index contributed by atoms with van der Waals surface area (Å²) in [6.07, 6.45) is 14.3. The standard InChI is InChI=1S/C88H91NO6P2/c1-13-53-41-57(17-5)77(58(18-6)42-53)73-49-65-33-25-29-37-69(65)81-82-70-38-30-26-34-66(70)50-74(78-59(19-7)43-54(14-2)44-60(78)20-8)86(82)93-96(90,92-85(73)81)89-97(91)94-87-75(79-61(21-9)45-55(15-3)46-62(79)22-10)51-67-35-27-31-39-71(67)83(87)84-72-40-32-28-36-68(72)52-76(88(84)95-97)80-63(23-11)47-56(16-4)48-64(80)24-12/h25-52,57,77H,13-24H2,1-12H3,(H,89,90,91). The molecule has 0 saturated heterocycles. The maximum atomic E-state index is 18.3. The molecule has 0 spiro atoms. The maximum Gasteiger partial charge on any atom is 0.524 e. The molecule has 2 aliphatic heterocycles. The molecule has 0 amide bonds. The van der Waals surface area contributed by atoms with E-state index in [-0.39, 0.29) is 11.8 Å². The van der Waals surface area contributed by atoms with E-state index in [0.717, 1.165) is 215 Å². The van der Waals surface area contributed by atoms with Gasteiger partial charge in [0.2, 0.25) is 0 Å². The first-order chi connectivity index (χ1) is 47.2. The normalized spacial score (nSPS) is 17.0. The zero-order valence-electron chi connectivity index (χ0n) is 58.6. The summed E-state index contributed by atoms with van der Waals surface area (Å²) in [5, 5.41) is 7.59. The van der Waals surface area contributed by atoms with E-state index in [1.54, 1.807) is 0 Å². The summed E-state index contributed by atoms with van der Waals surface area (Å²) < 4.78 is 67.4. The topological polar surface area (TPSA) is 83.1 Å². The van der Waals surface area contributed by atoms with Crippen LogP contribution in [-0.2, 0) is 66.9 Å². The molecule has 9 heteroatoms. The van der Waals surface area contributed by atoms with Crippen molar-refractivity contribution in [3.63, 3.8) is 0 Å². The van der Waals surface area contributed by atoms with E-state index < -0.39 is 15.5 Å². The number of nitrogens with one attached hydrogen (secondary N) is 1. The molecule has 1 aliphatic carbocycles. The summed E-state index contributed by atoms with van der Waals surface area (Å²) in [6.45, 7) is 26.6. The summed E-state index contributed by atoms with van der Waals surface area (Å²) in [5.41, 5.74) is 22.4. The number of aryl methyl sites for hydroxylation is 9. The Hall–Kier alpha value is -8.44. The second-order valence-electron chi connectivity index (χ2n) is 26.7. The second-order valence-corrected chi connectivity index (χ2v) is 30.2. The average molecular weight is 1320 g/mol. The summed E-state index contributed by atoms with van der Waals surface area (Å²) in [7, 11) is -10.3. The van der Waals surface area contributed by atoms with Crippen LogP contribution in [0.5, 0.6) is 23.0 Å². The van der Waals surface area contributed by atoms with E-state index in [9.17, 15) is 0 Å². The third kappa shape index (κ3) is 11.4. The van der Waals surface area contributed by atoms with E-state index in [1.807, 2.05) is 0 Å². The predicted octanol–water partition coefficient (Wildman–Crippen LogP) is 25.5. The minimum atomic E-state index is -5.18. The minimum Gasteiger partial charge on any atom is -0.403 e. The lowest BCUT2D eigenvalue weighted by Crippen LogP contribution is -2.23. The van der Waals surface area contributed by atoms with Gasteiger partial charge in [0.1, 0.15) is 23.0 Å². The molecule has 3 aliphatic rings. The third-order valence-electron chi connectivity index (χ3n) is 21.3. The van der Waals surface area contributed by atoms with Gasteiger partial charge in [0.05, 0.1) is 0 Å². The molecule has 2 heterocycles. The van der Waals surface area contributed by atoms with Gasteiger partial charge in [0.25, 0.3) is 0 Å². The van der Waals surface area contributed by atoms with Crippen LogP contribution < -0.4 is 23.0 Å². The van der Waals surface area contributed by atoms with Gasteiger partial charge >= 0.3 is 15.5 Å². The fourth-order valence-corrected chi connectivity index (χ4v) is 20.1. The van der Waals surface area contributed by atoms with Gasteiger partial charge in [-0.1, -0.05) is 245 Å². The molecule has 0 radical (unpaired) electrons. The van der Waals surface area contributed by atoms with E-state index in [0.29, 0.717) is 23.0 Å². The molecule has 11 aromatic carbocycles. The van der Waals surface area contributed by atoms with Crippen molar-refractivity contribution in [2.24, 2.45) is 5.92 Å². The maximum absolute atomic E-state index is 18.3. The first-order valence-corrected chi connectivity index (χ1v) is 39.2. The smallest absolute Gasteiger partial charge is 0.403 e. The van der Waals surface area contributed by atoms with Crippen molar-refractivity contribution >= 4 is 58.6 Å². The highest BCUT2D eigenvalue weighted by Crippen LogP contribution is 2.69. The Morgan fingerprint density at radius 1 is 0.340 bits per heavy atom. The Balaban J connectivity index is 1.13. The van der Waals surface area contributed by atoms with Gasteiger partial charge in [0.15, 0.2) is 0 Å². The number of fused-ring (bicyclic) bond motifs is 14. The SMILES string of the molecule is CCC1=CC(CC)C(c2cc3ccccc3c3c2OP(=O)(NP2(=O)Oc4c(-c5c(CC)cc(CC)cc5CC)cc5ccccc5c4-c4c(c(-c5c(CC)cc(CC)cc5CC)cc5ccccc45)O2)Oc2c(-c4c(CC)cc(CC)cc4CC)cc4ccccc4c2-3)C(CC)=C1. The van der Waals surface area contributed by atoms with Crippen LogP contribution in [0.2, 0.25) is 0 Å². The quantitative estimate of drug-likeness (QED) is 0.0857. The molecule has 1 N–H and O–H groups in total. The van der Waals surface area contributed by atoms with Crippen LogP contribution in [-0.4, -0.2) is 0 Å². The number of allylic oxidation sites excluding steroid dienone is 4. The monoisotopic (exact) mass is 1320 g/mol. The average Bonchev–Trinajstić information content (AvgIpc) is 1.67. The Kier molecular flexibility index (Phi) is 18.2. The number of rotatable bonds is 18. The van der Waals surface area contributed by atoms with Crippen molar-refractivity contribution in [1.82, 2.24) is 4.86 Å². The highest BCUT2D eigenvalue weighted by molar-refractivity contribution is 7.68. The first kappa shape index (κ1) is 65.8. The number of hydrogen-bond acceptors (Lipinski definition) is 6. The fourth-order valence-electron chi connectivity index (χ4n) is 16.4. The van der Waals surface area contributed by atoms with Gasteiger partial charge in [-0.2, -0.15) is 0 Å². The van der Waals surface area contributed by atoms with Crippen molar-refractivity contribution in [3.8, 4) is 78.6 Å². The molecule has 3 unspecified atom stereocenters. The van der Waals surface area contributed by atoms with Crippen LogP contribution in [0.4, 0.5) is 0 Å². The van der Waals surface area contributed by atoms with Gasteiger partial charge < -0.3 is 18.1 Å². The number of hydrogen-bond donors (Lipinski definition) is 1. The van der Waals surface area contributed by atoms with Crippen molar-refractivity contribution in [2.45, 2.75) is 166 Å². The van der Waals surface area contributed by atoms with Crippen LogP contribution in [0.25, 0.3) is 98.7 Å². The zero-order chi connectivity index (χ0) is 67.6. The Labute approximate surface area is 574 Å². The molecular weight excluding hydrogens is 1230 g/mol. The van der Waals surface area contributed by atoms with Gasteiger partial charge in [0, 0.05) is 50.4 Å². The van der Waals surface area contributed by atoms with Crippen LogP contribution in [0.3, 0.4) is 0 Å². The molecule has 3 atom stereocenters. The zero-order valence-corrected chi connectivity index (χ0v) is 60.4.